The molecule has 1 rings (SSSR count). The molecule has 1 unspecified atom stereocenters. The summed E-state index contributed by atoms with van der Waals surface area (Å²) in [5.41, 5.74) is 6.44. The van der Waals surface area contributed by atoms with Crippen LogP contribution in [0.4, 0.5) is 4.79 Å². The molecule has 1 aromatic rings. The van der Waals surface area contributed by atoms with Crippen LogP contribution in [-0.2, 0) is 35.0 Å². The highest BCUT2D eigenvalue weighted by atomic mass is 16.7. The van der Waals surface area contributed by atoms with Crippen molar-refractivity contribution < 1.29 is 42.9 Å². The molecule has 3 atom stereocenters. The molecule has 0 heterocycles. The van der Waals surface area contributed by atoms with Gasteiger partial charge in [-0.1, -0.05) is 6.07 Å². The molecule has 0 bridgehead atoms. The Bertz CT molecular complexity index is 762. The van der Waals surface area contributed by atoms with Gasteiger partial charge in [-0.25, -0.2) is 4.79 Å². The molecule has 0 aliphatic carbocycles. The van der Waals surface area contributed by atoms with Crippen LogP contribution in [0.25, 0.3) is 0 Å². The second-order valence-corrected chi connectivity index (χ2v) is 6.20. The molecule has 0 radical (unpaired) electrons. The van der Waals surface area contributed by atoms with E-state index in [-0.39, 0.29) is 17.9 Å². The molecule has 0 amide bonds. The lowest BCUT2D eigenvalue weighted by atomic mass is 10.1. The first-order valence-electron chi connectivity index (χ1n) is 8.73. The summed E-state index contributed by atoms with van der Waals surface area (Å²) in [5.74, 6) is -1.80. The molecule has 10 nitrogen and oxygen atoms in total. The van der Waals surface area contributed by atoms with Crippen molar-refractivity contribution in [3.05, 3.63) is 23.8 Å². The zero-order valence-corrected chi connectivity index (χ0v) is 16.9. The zero-order valence-electron chi connectivity index (χ0n) is 16.9. The second-order valence-electron chi connectivity index (χ2n) is 6.20. The topological polar surface area (TPSA) is 140 Å². The Kier molecular flexibility index (Phi) is 9.07. The van der Waals surface area contributed by atoms with Gasteiger partial charge in [0, 0.05) is 13.8 Å². The molecule has 0 saturated heterocycles. The van der Waals surface area contributed by atoms with Gasteiger partial charge in [0.15, 0.2) is 11.5 Å². The fraction of sp³-hybridized carbons (Fsp3) is 0.474. The summed E-state index contributed by atoms with van der Waals surface area (Å²) in [5, 5.41) is 0. The number of carbonyl (C=O) groups is 4. The van der Waals surface area contributed by atoms with Gasteiger partial charge in [0.2, 0.25) is 0 Å². The molecule has 10 heteroatoms. The Hall–Kier alpha value is -3.14. The van der Waals surface area contributed by atoms with Gasteiger partial charge < -0.3 is 29.4 Å². The van der Waals surface area contributed by atoms with Crippen molar-refractivity contribution in [2.45, 2.75) is 52.4 Å². The largest absolute Gasteiger partial charge is 0.508 e. The Morgan fingerprint density at radius 3 is 2.03 bits per heavy atom. The number of hydrogen-bond donors (Lipinski definition) is 1. The number of methoxy groups -OCH3 is 1. The molecule has 2 N–H and O–H groups in total. The Balaban J connectivity index is 2.80. The summed E-state index contributed by atoms with van der Waals surface area (Å²) in [4.78, 5) is 45.8. The molecular weight excluding hydrogens is 386 g/mol. The number of ether oxygens (including phenoxy) is 5. The SMILES string of the molecule is COC(=O)OC(C)[C@H](C)OC(=O)[C@@H](N)Cc1ccc(OC(C)=O)c(OC(C)=O)c1. The van der Waals surface area contributed by atoms with Crippen LogP contribution in [0.5, 0.6) is 11.5 Å². The van der Waals surface area contributed by atoms with E-state index < -0.39 is 42.3 Å². The zero-order chi connectivity index (χ0) is 22.1. The van der Waals surface area contributed by atoms with E-state index in [2.05, 4.69) is 4.74 Å². The van der Waals surface area contributed by atoms with Crippen LogP contribution in [0.3, 0.4) is 0 Å². The highest BCUT2D eigenvalue weighted by Gasteiger charge is 2.25. The number of rotatable bonds is 8. The standard InChI is InChI=1S/C19H25NO9/c1-10(11(2)27-19(24)25-5)26-18(23)15(20)8-14-6-7-16(28-12(3)21)17(9-14)29-13(4)22/h6-7,9-11,15H,8,20H2,1-5H3/t10-,11?,15-/m0/s1. The number of benzene rings is 1. The summed E-state index contributed by atoms with van der Waals surface area (Å²) in [6, 6.07) is 3.42. The fourth-order valence-corrected chi connectivity index (χ4v) is 2.15. The molecule has 29 heavy (non-hydrogen) atoms. The van der Waals surface area contributed by atoms with E-state index in [1.165, 1.54) is 33.1 Å². The molecule has 0 aliphatic heterocycles. The maximum Gasteiger partial charge on any atom is 0.508 e. The Morgan fingerprint density at radius 2 is 1.48 bits per heavy atom. The van der Waals surface area contributed by atoms with Crippen molar-refractivity contribution >= 4 is 24.1 Å². The predicted molar refractivity (Wildman–Crippen MR) is 99.2 cm³/mol. The normalized spacial score (nSPS) is 13.4. The maximum atomic E-state index is 12.2. The minimum atomic E-state index is -1.03. The van der Waals surface area contributed by atoms with Crippen molar-refractivity contribution in [3.63, 3.8) is 0 Å². The monoisotopic (exact) mass is 411 g/mol. The molecule has 0 fully saturated rings. The third kappa shape index (κ3) is 8.18. The molecule has 0 aromatic heterocycles. The lowest BCUT2D eigenvalue weighted by molar-refractivity contribution is -0.155. The van der Waals surface area contributed by atoms with Crippen molar-refractivity contribution in [1.29, 1.82) is 0 Å². The van der Waals surface area contributed by atoms with Crippen LogP contribution in [0.2, 0.25) is 0 Å². The first-order valence-corrected chi connectivity index (χ1v) is 8.73. The average molecular weight is 411 g/mol. The van der Waals surface area contributed by atoms with E-state index in [0.717, 1.165) is 0 Å². The summed E-state index contributed by atoms with van der Waals surface area (Å²) in [6.07, 6.45) is -2.32. The van der Waals surface area contributed by atoms with Crippen molar-refractivity contribution in [3.8, 4) is 11.5 Å². The van der Waals surface area contributed by atoms with E-state index in [4.69, 9.17) is 24.7 Å². The fourth-order valence-electron chi connectivity index (χ4n) is 2.15. The van der Waals surface area contributed by atoms with Crippen LogP contribution in [0, 0.1) is 0 Å². The van der Waals surface area contributed by atoms with Crippen LogP contribution in [0.1, 0.15) is 33.3 Å². The molecule has 0 saturated carbocycles. The van der Waals surface area contributed by atoms with E-state index in [0.29, 0.717) is 5.56 Å². The Morgan fingerprint density at radius 1 is 0.931 bits per heavy atom. The second kappa shape index (κ2) is 11.0. The summed E-state index contributed by atoms with van der Waals surface area (Å²) in [6.45, 7) is 5.50. The minimum Gasteiger partial charge on any atom is -0.458 e. The van der Waals surface area contributed by atoms with Crippen molar-refractivity contribution in [2.75, 3.05) is 7.11 Å². The first kappa shape index (κ1) is 23.9. The smallest absolute Gasteiger partial charge is 0.458 e. The quantitative estimate of drug-likeness (QED) is 0.494. The van der Waals surface area contributed by atoms with Gasteiger partial charge in [0.1, 0.15) is 18.2 Å². The molecule has 160 valence electrons. The van der Waals surface area contributed by atoms with E-state index in [1.54, 1.807) is 19.9 Å². The first-order chi connectivity index (χ1) is 13.5. The van der Waals surface area contributed by atoms with E-state index in [9.17, 15) is 19.2 Å². The number of nitrogens with two attached hydrogens (primary N) is 1. The van der Waals surface area contributed by atoms with Gasteiger partial charge in [-0.2, -0.15) is 0 Å². The summed E-state index contributed by atoms with van der Waals surface area (Å²) >= 11 is 0. The molecule has 1 aromatic carbocycles. The van der Waals surface area contributed by atoms with Crippen LogP contribution in [0.15, 0.2) is 18.2 Å². The number of hydrogen-bond acceptors (Lipinski definition) is 10. The molecular formula is C19H25NO9. The van der Waals surface area contributed by atoms with E-state index >= 15 is 0 Å². The van der Waals surface area contributed by atoms with Crippen molar-refractivity contribution in [2.24, 2.45) is 5.73 Å². The number of carbonyl (C=O) groups excluding carboxylic acids is 4. The van der Waals surface area contributed by atoms with Gasteiger partial charge in [-0.3, -0.25) is 14.4 Å². The summed E-state index contributed by atoms with van der Waals surface area (Å²) < 4.78 is 24.5. The minimum absolute atomic E-state index is 0.0271. The van der Waals surface area contributed by atoms with Crippen LogP contribution >= 0.6 is 0 Å². The highest BCUT2D eigenvalue weighted by molar-refractivity contribution is 5.76. The third-order valence-corrected chi connectivity index (χ3v) is 3.69. The Labute approximate surface area is 168 Å². The van der Waals surface area contributed by atoms with Gasteiger partial charge in [0.25, 0.3) is 0 Å². The molecule has 0 aliphatic rings. The van der Waals surface area contributed by atoms with Gasteiger partial charge in [-0.05, 0) is 38.0 Å². The lowest BCUT2D eigenvalue weighted by Gasteiger charge is -2.22. The molecule has 0 spiro atoms. The summed E-state index contributed by atoms with van der Waals surface area (Å²) in [7, 11) is 1.17. The lowest BCUT2D eigenvalue weighted by Crippen LogP contribution is -2.39. The average Bonchev–Trinajstić information content (AvgIpc) is 2.62. The van der Waals surface area contributed by atoms with Crippen molar-refractivity contribution in [1.82, 2.24) is 0 Å². The van der Waals surface area contributed by atoms with Crippen LogP contribution < -0.4 is 15.2 Å². The van der Waals surface area contributed by atoms with Gasteiger partial charge >= 0.3 is 24.1 Å². The van der Waals surface area contributed by atoms with Crippen LogP contribution in [-0.4, -0.2) is 49.4 Å². The van der Waals surface area contributed by atoms with Gasteiger partial charge in [-0.15, -0.1) is 0 Å². The van der Waals surface area contributed by atoms with E-state index in [1.807, 2.05) is 0 Å². The van der Waals surface area contributed by atoms with Gasteiger partial charge in [0.05, 0.1) is 7.11 Å². The third-order valence-electron chi connectivity index (χ3n) is 3.69. The predicted octanol–water partition coefficient (Wildman–Crippen LogP) is 1.51. The maximum absolute atomic E-state index is 12.2. The highest BCUT2D eigenvalue weighted by Crippen LogP contribution is 2.29. The number of esters is 3.